The number of ether oxygens (including phenoxy) is 2. The molecule has 0 aliphatic heterocycles. The number of fused-ring (bicyclic) bond motifs is 1. The molecule has 2 aromatic carbocycles. The van der Waals surface area contributed by atoms with Crippen LogP contribution in [0.5, 0.6) is 11.5 Å². The third kappa shape index (κ3) is 5.02. The molecular formula is C26H22N6O2. The van der Waals surface area contributed by atoms with Gasteiger partial charge >= 0.3 is 0 Å². The summed E-state index contributed by atoms with van der Waals surface area (Å²) in [6.07, 6.45) is 9.62. The molecule has 0 aliphatic rings. The van der Waals surface area contributed by atoms with Gasteiger partial charge in [0, 0.05) is 17.8 Å². The average molecular weight is 451 g/mol. The summed E-state index contributed by atoms with van der Waals surface area (Å²) >= 11 is 0. The third-order valence-electron chi connectivity index (χ3n) is 5.16. The first kappa shape index (κ1) is 21.1. The fourth-order valence-electron chi connectivity index (χ4n) is 3.41. The number of pyridine rings is 1. The van der Waals surface area contributed by atoms with Gasteiger partial charge in [0.15, 0.2) is 0 Å². The number of aromatic nitrogens is 6. The van der Waals surface area contributed by atoms with Gasteiger partial charge in [-0.3, -0.25) is 10.1 Å². The Bertz CT molecular complexity index is 1450. The molecule has 3 heterocycles. The number of hydrogen-bond acceptors (Lipinski definition) is 6. The molecule has 0 fully saturated rings. The summed E-state index contributed by atoms with van der Waals surface area (Å²) in [5.74, 6) is 1.44. The number of rotatable bonds is 8. The second kappa shape index (κ2) is 9.83. The number of methoxy groups -OCH3 is 1. The highest BCUT2D eigenvalue weighted by atomic mass is 16.5. The number of nitrogens with one attached hydrogen (secondary N) is 2. The molecule has 8 nitrogen and oxygen atoms in total. The molecule has 3 aromatic heterocycles. The molecule has 0 spiro atoms. The molecule has 0 radical (unpaired) electrons. The van der Waals surface area contributed by atoms with E-state index in [-0.39, 0.29) is 0 Å². The fraction of sp³-hybridized carbons (Fsp3) is 0.0769. The molecule has 0 aliphatic carbocycles. The van der Waals surface area contributed by atoms with Gasteiger partial charge in [0.05, 0.1) is 24.2 Å². The summed E-state index contributed by atoms with van der Waals surface area (Å²) in [7, 11) is 1.64. The second-order valence-electron chi connectivity index (χ2n) is 7.50. The minimum atomic E-state index is 0.399. The van der Waals surface area contributed by atoms with Crippen LogP contribution in [0.1, 0.15) is 28.2 Å². The largest absolute Gasteiger partial charge is 0.496 e. The Morgan fingerprint density at radius 3 is 2.68 bits per heavy atom. The zero-order valence-corrected chi connectivity index (χ0v) is 18.5. The molecule has 0 saturated heterocycles. The number of H-pyrrole nitrogens is 2. The quantitative estimate of drug-likeness (QED) is 0.345. The van der Waals surface area contributed by atoms with Crippen molar-refractivity contribution in [3.05, 3.63) is 95.1 Å². The van der Waals surface area contributed by atoms with E-state index in [9.17, 15) is 0 Å². The van der Waals surface area contributed by atoms with Crippen molar-refractivity contribution in [1.82, 2.24) is 30.6 Å². The maximum absolute atomic E-state index is 5.84. The van der Waals surface area contributed by atoms with Gasteiger partial charge in [0.25, 0.3) is 0 Å². The first-order valence-corrected chi connectivity index (χ1v) is 10.7. The number of hydrogen-bond donors (Lipinski definition) is 2. The van der Waals surface area contributed by atoms with Crippen molar-refractivity contribution in [3.8, 4) is 11.5 Å². The van der Waals surface area contributed by atoms with Gasteiger partial charge in [0.1, 0.15) is 29.1 Å². The summed E-state index contributed by atoms with van der Waals surface area (Å²) in [4.78, 5) is 4.27. The topological polar surface area (TPSA) is 102 Å². The third-order valence-corrected chi connectivity index (χ3v) is 5.16. The second-order valence-corrected chi connectivity index (χ2v) is 7.50. The van der Waals surface area contributed by atoms with Crippen LogP contribution in [0.15, 0.2) is 66.9 Å². The van der Waals surface area contributed by atoms with E-state index in [0.29, 0.717) is 6.61 Å². The lowest BCUT2D eigenvalue weighted by molar-refractivity contribution is 0.299. The number of nitrogens with zero attached hydrogens (tertiary/aromatic N) is 4. The van der Waals surface area contributed by atoms with Gasteiger partial charge in [-0.25, -0.2) is 0 Å². The SMILES string of the molecule is COc1cc(OCc2ccccn2)ccc1/C=C/c1cc(/C=C/c2ccc3n[nH]nc3c2)n[nH]1. The highest BCUT2D eigenvalue weighted by Gasteiger charge is 2.05. The van der Waals surface area contributed by atoms with Crippen molar-refractivity contribution in [1.29, 1.82) is 0 Å². The van der Waals surface area contributed by atoms with Crippen LogP contribution < -0.4 is 9.47 Å². The Labute approximate surface area is 196 Å². The Hall–Kier alpha value is -4.72. The minimum absolute atomic E-state index is 0.399. The molecular weight excluding hydrogens is 428 g/mol. The first-order valence-electron chi connectivity index (χ1n) is 10.7. The first-order chi connectivity index (χ1) is 16.8. The van der Waals surface area contributed by atoms with E-state index in [1.54, 1.807) is 13.3 Å². The highest BCUT2D eigenvalue weighted by Crippen LogP contribution is 2.27. The summed E-state index contributed by atoms with van der Waals surface area (Å²) in [5.41, 5.74) is 6.20. The van der Waals surface area contributed by atoms with Gasteiger partial charge in [-0.15, -0.1) is 0 Å². The molecule has 0 unspecified atom stereocenters. The molecule has 0 saturated carbocycles. The van der Waals surface area contributed by atoms with E-state index in [0.717, 1.165) is 50.7 Å². The average Bonchev–Trinajstić information content (AvgIpc) is 3.55. The van der Waals surface area contributed by atoms with Crippen LogP contribution in [0.25, 0.3) is 35.3 Å². The summed E-state index contributed by atoms with van der Waals surface area (Å²) < 4.78 is 11.4. The van der Waals surface area contributed by atoms with E-state index in [1.165, 1.54) is 0 Å². The monoisotopic (exact) mass is 450 g/mol. The van der Waals surface area contributed by atoms with Gasteiger partial charge in [0.2, 0.25) is 0 Å². The molecule has 5 rings (SSSR count). The predicted octanol–water partition coefficient (Wildman–Crippen LogP) is 5.00. The fourth-order valence-corrected chi connectivity index (χ4v) is 3.41. The van der Waals surface area contributed by atoms with E-state index in [2.05, 4.69) is 30.6 Å². The van der Waals surface area contributed by atoms with Crippen LogP contribution in [0.3, 0.4) is 0 Å². The summed E-state index contributed by atoms with van der Waals surface area (Å²) in [6.45, 7) is 0.399. The highest BCUT2D eigenvalue weighted by molar-refractivity contribution is 5.80. The van der Waals surface area contributed by atoms with E-state index in [4.69, 9.17) is 9.47 Å². The maximum Gasteiger partial charge on any atom is 0.130 e. The summed E-state index contributed by atoms with van der Waals surface area (Å²) in [6, 6.07) is 19.4. The molecule has 8 heteroatoms. The van der Waals surface area contributed by atoms with Gasteiger partial charge < -0.3 is 9.47 Å². The zero-order valence-electron chi connectivity index (χ0n) is 18.5. The lowest BCUT2D eigenvalue weighted by Crippen LogP contribution is -1.98. The van der Waals surface area contributed by atoms with Crippen LogP contribution in [0.2, 0.25) is 0 Å². The van der Waals surface area contributed by atoms with Gasteiger partial charge in [-0.2, -0.15) is 20.5 Å². The van der Waals surface area contributed by atoms with Gasteiger partial charge in [-0.05, 0) is 66.3 Å². The Kier molecular flexibility index (Phi) is 6.11. The number of benzene rings is 2. The normalized spacial score (nSPS) is 11.6. The lowest BCUT2D eigenvalue weighted by atomic mass is 10.1. The van der Waals surface area contributed by atoms with Crippen molar-refractivity contribution < 1.29 is 9.47 Å². The predicted molar refractivity (Wildman–Crippen MR) is 132 cm³/mol. The summed E-state index contributed by atoms with van der Waals surface area (Å²) in [5, 5.41) is 18.2. The van der Waals surface area contributed by atoms with Crippen molar-refractivity contribution in [2.45, 2.75) is 6.61 Å². The molecule has 5 aromatic rings. The molecule has 2 N–H and O–H groups in total. The van der Waals surface area contributed by atoms with Crippen LogP contribution in [-0.4, -0.2) is 37.7 Å². The van der Waals surface area contributed by atoms with E-state index < -0.39 is 0 Å². The molecule has 0 atom stereocenters. The van der Waals surface area contributed by atoms with E-state index >= 15 is 0 Å². The van der Waals surface area contributed by atoms with Crippen LogP contribution in [-0.2, 0) is 6.61 Å². The molecule has 0 amide bonds. The number of aromatic amines is 2. The lowest BCUT2D eigenvalue weighted by Gasteiger charge is -2.09. The van der Waals surface area contributed by atoms with Gasteiger partial charge in [-0.1, -0.05) is 18.2 Å². The van der Waals surface area contributed by atoms with Crippen molar-refractivity contribution in [2.24, 2.45) is 0 Å². The van der Waals surface area contributed by atoms with Crippen LogP contribution in [0.4, 0.5) is 0 Å². The maximum atomic E-state index is 5.84. The van der Waals surface area contributed by atoms with Crippen molar-refractivity contribution >= 4 is 35.3 Å². The van der Waals surface area contributed by atoms with E-state index in [1.807, 2.05) is 85.0 Å². The van der Waals surface area contributed by atoms with Crippen molar-refractivity contribution in [2.75, 3.05) is 7.11 Å². The standard InChI is InChI=1S/C26H22N6O2/c1-33-26-16-23(34-17-22-4-2-3-13-27-22)11-8-19(26)7-10-21-15-20(28-29-21)9-5-18-6-12-24-25(14-18)31-32-30-24/h2-16H,17H2,1H3,(H,28,29)(H,30,31,32)/b9-5+,10-7+. The Morgan fingerprint density at radius 1 is 0.853 bits per heavy atom. The smallest absolute Gasteiger partial charge is 0.130 e. The molecule has 34 heavy (non-hydrogen) atoms. The van der Waals surface area contributed by atoms with Crippen LogP contribution >= 0.6 is 0 Å². The van der Waals surface area contributed by atoms with Crippen molar-refractivity contribution in [3.63, 3.8) is 0 Å². The Balaban J connectivity index is 1.24. The van der Waals surface area contributed by atoms with Crippen LogP contribution in [0, 0.1) is 0 Å². The molecule has 0 bridgehead atoms. The molecule has 168 valence electrons. The minimum Gasteiger partial charge on any atom is -0.496 e. The Morgan fingerprint density at radius 2 is 1.79 bits per heavy atom. The zero-order chi connectivity index (χ0) is 23.2.